The Morgan fingerprint density at radius 2 is 1.89 bits per heavy atom. The monoisotopic (exact) mass is 261 g/mol. The molecule has 0 bridgehead atoms. The van der Waals surface area contributed by atoms with Crippen LogP contribution in [0.5, 0.6) is 0 Å². The van der Waals surface area contributed by atoms with Crippen molar-refractivity contribution in [1.29, 1.82) is 0 Å². The molecule has 0 fully saturated rings. The van der Waals surface area contributed by atoms with E-state index in [0.717, 1.165) is 6.07 Å². The van der Waals surface area contributed by atoms with Crippen molar-refractivity contribution in [2.45, 2.75) is 32.2 Å². The van der Waals surface area contributed by atoms with Crippen molar-refractivity contribution in [1.82, 2.24) is 5.32 Å². The molecule has 0 aliphatic rings. The first-order valence-electron chi connectivity index (χ1n) is 5.86. The Hall–Kier alpha value is -1.07. The second kappa shape index (κ2) is 6.20. The lowest BCUT2D eigenvalue weighted by Gasteiger charge is -2.26. The van der Waals surface area contributed by atoms with Crippen LogP contribution >= 0.6 is 0 Å². The van der Waals surface area contributed by atoms with Crippen LogP contribution in [0.2, 0.25) is 0 Å². The highest BCUT2D eigenvalue weighted by Crippen LogP contribution is 2.35. The normalized spacial score (nSPS) is 15.4. The van der Waals surface area contributed by atoms with Crippen LogP contribution in [-0.2, 0) is 10.9 Å². The summed E-state index contributed by atoms with van der Waals surface area (Å²) < 4.78 is 44.2. The number of nitrogens with one attached hydrogen (secondary N) is 1. The van der Waals surface area contributed by atoms with Gasteiger partial charge in [-0.15, -0.1) is 0 Å². The minimum absolute atomic E-state index is 0.216. The van der Waals surface area contributed by atoms with E-state index in [1.807, 2.05) is 6.92 Å². The largest absolute Gasteiger partial charge is 0.416 e. The summed E-state index contributed by atoms with van der Waals surface area (Å²) in [5.41, 5.74) is -0.399. The molecule has 0 saturated carbocycles. The van der Waals surface area contributed by atoms with Crippen LogP contribution in [0.3, 0.4) is 0 Å². The maximum Gasteiger partial charge on any atom is 0.416 e. The van der Waals surface area contributed by atoms with Crippen molar-refractivity contribution in [2.75, 3.05) is 13.7 Å². The predicted molar refractivity (Wildman–Crippen MR) is 64.3 cm³/mol. The van der Waals surface area contributed by atoms with Crippen LogP contribution in [0.15, 0.2) is 24.3 Å². The average molecular weight is 261 g/mol. The van der Waals surface area contributed by atoms with Gasteiger partial charge in [-0.2, -0.15) is 13.2 Å². The third-order valence-corrected chi connectivity index (χ3v) is 2.81. The molecule has 0 heterocycles. The van der Waals surface area contributed by atoms with Gasteiger partial charge in [0, 0.05) is 6.61 Å². The number of rotatable bonds is 5. The van der Waals surface area contributed by atoms with E-state index in [4.69, 9.17) is 4.74 Å². The van der Waals surface area contributed by atoms with Crippen molar-refractivity contribution >= 4 is 0 Å². The van der Waals surface area contributed by atoms with Crippen LogP contribution in [0.4, 0.5) is 13.2 Å². The van der Waals surface area contributed by atoms with Gasteiger partial charge in [0.15, 0.2) is 0 Å². The van der Waals surface area contributed by atoms with Crippen molar-refractivity contribution in [3.05, 3.63) is 35.4 Å². The highest BCUT2D eigenvalue weighted by Gasteiger charge is 2.35. The molecule has 1 aromatic rings. The molecule has 0 spiro atoms. The molecule has 0 saturated heterocycles. The Bertz CT molecular complexity index is 379. The molecule has 5 heteroatoms. The van der Waals surface area contributed by atoms with Crippen LogP contribution in [0.1, 0.15) is 31.0 Å². The van der Waals surface area contributed by atoms with Gasteiger partial charge in [0.25, 0.3) is 0 Å². The minimum Gasteiger partial charge on any atom is -0.377 e. The molecule has 0 radical (unpaired) electrons. The Labute approximate surface area is 105 Å². The molecule has 102 valence electrons. The van der Waals surface area contributed by atoms with E-state index in [0.29, 0.717) is 6.61 Å². The maximum atomic E-state index is 12.9. The number of alkyl halides is 3. The van der Waals surface area contributed by atoms with Gasteiger partial charge in [-0.25, -0.2) is 0 Å². The van der Waals surface area contributed by atoms with Gasteiger partial charge in [-0.1, -0.05) is 18.2 Å². The number of halogens is 3. The lowest BCUT2D eigenvalue weighted by atomic mass is 9.96. The Kier molecular flexibility index (Phi) is 5.16. The van der Waals surface area contributed by atoms with Gasteiger partial charge in [0.2, 0.25) is 0 Å². The first-order chi connectivity index (χ1) is 8.41. The summed E-state index contributed by atoms with van der Waals surface area (Å²) in [6.45, 7) is 4.05. The predicted octanol–water partition coefficient (Wildman–Crippen LogP) is 3.39. The number of likely N-dealkylation sites (N-methyl/N-ethyl adjacent to an activating group) is 1. The van der Waals surface area contributed by atoms with Crippen molar-refractivity contribution in [3.8, 4) is 0 Å². The van der Waals surface area contributed by atoms with Gasteiger partial charge in [-0.3, -0.25) is 0 Å². The maximum absolute atomic E-state index is 12.9. The van der Waals surface area contributed by atoms with Gasteiger partial charge < -0.3 is 10.1 Å². The molecule has 0 aliphatic heterocycles. The van der Waals surface area contributed by atoms with Crippen molar-refractivity contribution in [3.63, 3.8) is 0 Å². The standard InChI is InChI=1S/C13H18F3NO/c1-4-18-9(2)12(17-3)10-7-5-6-8-11(10)13(14,15)16/h5-9,12,17H,4H2,1-3H3. The first kappa shape index (κ1) is 15.0. The summed E-state index contributed by atoms with van der Waals surface area (Å²) in [7, 11) is 1.63. The van der Waals surface area contributed by atoms with Crippen molar-refractivity contribution in [2.24, 2.45) is 0 Å². The summed E-state index contributed by atoms with van der Waals surface area (Å²) >= 11 is 0. The second-order valence-electron chi connectivity index (χ2n) is 4.01. The number of hydrogen-bond donors (Lipinski definition) is 1. The Balaban J connectivity index is 3.13. The Morgan fingerprint density at radius 1 is 1.28 bits per heavy atom. The van der Waals surface area contributed by atoms with Gasteiger partial charge >= 0.3 is 6.18 Å². The molecule has 0 aromatic heterocycles. The van der Waals surface area contributed by atoms with E-state index in [9.17, 15) is 13.2 Å². The molecule has 18 heavy (non-hydrogen) atoms. The zero-order valence-corrected chi connectivity index (χ0v) is 10.7. The fraction of sp³-hybridized carbons (Fsp3) is 0.538. The fourth-order valence-corrected chi connectivity index (χ4v) is 2.03. The smallest absolute Gasteiger partial charge is 0.377 e. The van der Waals surface area contributed by atoms with Gasteiger partial charge in [0.05, 0.1) is 17.7 Å². The third kappa shape index (κ3) is 3.46. The molecule has 2 atom stereocenters. The van der Waals surface area contributed by atoms with Crippen LogP contribution in [0, 0.1) is 0 Å². The molecule has 2 nitrogen and oxygen atoms in total. The lowest BCUT2D eigenvalue weighted by Crippen LogP contribution is -2.31. The highest BCUT2D eigenvalue weighted by atomic mass is 19.4. The molecular weight excluding hydrogens is 243 g/mol. The quantitative estimate of drug-likeness (QED) is 0.877. The van der Waals surface area contributed by atoms with Crippen LogP contribution in [0.25, 0.3) is 0 Å². The first-order valence-corrected chi connectivity index (χ1v) is 5.86. The Morgan fingerprint density at radius 3 is 2.39 bits per heavy atom. The van der Waals surface area contributed by atoms with Gasteiger partial charge in [0.1, 0.15) is 0 Å². The van der Waals surface area contributed by atoms with E-state index >= 15 is 0 Å². The summed E-state index contributed by atoms with van der Waals surface area (Å²) in [4.78, 5) is 0. The zero-order valence-electron chi connectivity index (χ0n) is 10.7. The van der Waals surface area contributed by atoms with E-state index in [1.54, 1.807) is 20.0 Å². The van der Waals surface area contributed by atoms with E-state index < -0.39 is 17.8 Å². The third-order valence-electron chi connectivity index (χ3n) is 2.81. The number of hydrogen-bond acceptors (Lipinski definition) is 2. The fourth-order valence-electron chi connectivity index (χ4n) is 2.03. The van der Waals surface area contributed by atoms with Gasteiger partial charge in [-0.05, 0) is 32.5 Å². The minimum atomic E-state index is -4.35. The topological polar surface area (TPSA) is 21.3 Å². The summed E-state index contributed by atoms with van der Waals surface area (Å²) in [5.74, 6) is 0. The van der Waals surface area contributed by atoms with Crippen LogP contribution in [-0.4, -0.2) is 19.8 Å². The number of benzene rings is 1. The SMILES string of the molecule is CCOC(C)C(NC)c1ccccc1C(F)(F)F. The molecular formula is C13H18F3NO. The zero-order chi connectivity index (χ0) is 13.8. The molecule has 1 rings (SSSR count). The van der Waals surface area contributed by atoms with E-state index in [2.05, 4.69) is 5.32 Å². The molecule has 2 unspecified atom stereocenters. The second-order valence-corrected chi connectivity index (χ2v) is 4.01. The highest BCUT2D eigenvalue weighted by molar-refractivity contribution is 5.33. The van der Waals surface area contributed by atoms with E-state index in [-0.39, 0.29) is 11.7 Å². The lowest BCUT2D eigenvalue weighted by molar-refractivity contribution is -0.138. The molecule has 1 N–H and O–H groups in total. The molecule has 1 aromatic carbocycles. The van der Waals surface area contributed by atoms with E-state index in [1.165, 1.54) is 12.1 Å². The molecule has 0 amide bonds. The van der Waals surface area contributed by atoms with Crippen LogP contribution < -0.4 is 5.32 Å². The molecule has 0 aliphatic carbocycles. The summed E-state index contributed by atoms with van der Waals surface area (Å²) in [6, 6.07) is 5.10. The van der Waals surface area contributed by atoms with Crippen molar-refractivity contribution < 1.29 is 17.9 Å². The average Bonchev–Trinajstić information content (AvgIpc) is 2.29. The summed E-state index contributed by atoms with van der Waals surface area (Å²) in [5, 5.41) is 2.89. The number of ether oxygens (including phenoxy) is 1. The summed E-state index contributed by atoms with van der Waals surface area (Å²) in [6.07, 6.45) is -4.68.